The van der Waals surface area contributed by atoms with Crippen LogP contribution in [0, 0.1) is 0 Å². The first-order valence-corrected chi connectivity index (χ1v) is 6.17. The van der Waals surface area contributed by atoms with Crippen molar-refractivity contribution in [2.45, 2.75) is 6.54 Å². The molecule has 7 nitrogen and oxygen atoms in total. The van der Waals surface area contributed by atoms with Crippen LogP contribution in [0.25, 0.3) is 5.65 Å². The Morgan fingerprint density at radius 1 is 1.30 bits per heavy atom. The van der Waals surface area contributed by atoms with Crippen LogP contribution in [-0.2, 0) is 6.54 Å². The average Bonchev–Trinajstić information content (AvgIpc) is 3.05. The SMILES string of the molecule is O=C(O)c1c(NCCn2cccn2)nc2ccccn12. The van der Waals surface area contributed by atoms with Crippen molar-refractivity contribution >= 4 is 17.4 Å². The van der Waals surface area contributed by atoms with E-state index in [4.69, 9.17) is 0 Å². The molecule has 0 amide bonds. The van der Waals surface area contributed by atoms with Gasteiger partial charge in [0, 0.05) is 25.1 Å². The fraction of sp³-hybridized carbons (Fsp3) is 0.154. The number of hydrogen-bond donors (Lipinski definition) is 2. The number of carboxylic acid groups (broad SMARTS) is 1. The van der Waals surface area contributed by atoms with Gasteiger partial charge in [0.15, 0.2) is 11.5 Å². The summed E-state index contributed by atoms with van der Waals surface area (Å²) in [6, 6.07) is 7.20. The number of carboxylic acids is 1. The molecule has 3 rings (SSSR count). The molecule has 3 aromatic rings. The van der Waals surface area contributed by atoms with E-state index in [9.17, 15) is 9.90 Å². The third-order valence-corrected chi connectivity index (χ3v) is 2.93. The summed E-state index contributed by atoms with van der Waals surface area (Å²) in [5, 5.41) is 16.4. The summed E-state index contributed by atoms with van der Waals surface area (Å²) < 4.78 is 3.32. The van der Waals surface area contributed by atoms with Gasteiger partial charge in [0.2, 0.25) is 0 Å². The summed E-state index contributed by atoms with van der Waals surface area (Å²) in [7, 11) is 0. The van der Waals surface area contributed by atoms with Crippen LogP contribution >= 0.6 is 0 Å². The minimum Gasteiger partial charge on any atom is -0.476 e. The number of hydrogen-bond acceptors (Lipinski definition) is 4. The number of aromatic carboxylic acids is 1. The lowest BCUT2D eigenvalue weighted by Gasteiger charge is -2.04. The highest BCUT2D eigenvalue weighted by atomic mass is 16.4. The highest BCUT2D eigenvalue weighted by Gasteiger charge is 2.17. The normalized spacial score (nSPS) is 10.8. The topological polar surface area (TPSA) is 84.5 Å². The van der Waals surface area contributed by atoms with Gasteiger partial charge in [0.05, 0.1) is 6.54 Å². The van der Waals surface area contributed by atoms with Gasteiger partial charge in [-0.2, -0.15) is 5.10 Å². The van der Waals surface area contributed by atoms with Crippen LogP contribution in [0.5, 0.6) is 0 Å². The van der Waals surface area contributed by atoms with E-state index in [0.29, 0.717) is 24.6 Å². The molecule has 2 N–H and O–H groups in total. The first kappa shape index (κ1) is 12.2. The van der Waals surface area contributed by atoms with Crippen molar-refractivity contribution < 1.29 is 9.90 Å². The maximum atomic E-state index is 11.4. The van der Waals surface area contributed by atoms with Gasteiger partial charge >= 0.3 is 5.97 Å². The van der Waals surface area contributed by atoms with Crippen LogP contribution in [0.3, 0.4) is 0 Å². The average molecular weight is 271 g/mol. The fourth-order valence-corrected chi connectivity index (χ4v) is 2.05. The molecule has 3 aromatic heterocycles. The second kappa shape index (κ2) is 5.04. The highest BCUT2D eigenvalue weighted by molar-refractivity contribution is 5.92. The zero-order chi connectivity index (χ0) is 13.9. The number of nitrogens with one attached hydrogen (secondary N) is 1. The molecular formula is C13H13N5O2. The first-order valence-electron chi connectivity index (χ1n) is 6.17. The predicted octanol–water partition coefficient (Wildman–Crippen LogP) is 1.34. The highest BCUT2D eigenvalue weighted by Crippen LogP contribution is 2.17. The van der Waals surface area contributed by atoms with Crippen LogP contribution in [0.4, 0.5) is 5.82 Å². The molecule has 0 fully saturated rings. The van der Waals surface area contributed by atoms with E-state index in [2.05, 4.69) is 15.4 Å². The van der Waals surface area contributed by atoms with Crippen LogP contribution in [0.15, 0.2) is 42.9 Å². The molecule has 3 heterocycles. The van der Waals surface area contributed by atoms with Gasteiger partial charge in [0.1, 0.15) is 5.65 Å². The monoisotopic (exact) mass is 271 g/mol. The van der Waals surface area contributed by atoms with Crippen molar-refractivity contribution in [3.05, 3.63) is 48.5 Å². The van der Waals surface area contributed by atoms with E-state index in [1.54, 1.807) is 33.6 Å². The van der Waals surface area contributed by atoms with Crippen LogP contribution in [-0.4, -0.2) is 36.8 Å². The second-order valence-electron chi connectivity index (χ2n) is 4.24. The Bertz CT molecular complexity index is 732. The van der Waals surface area contributed by atoms with Crippen LogP contribution in [0.1, 0.15) is 10.5 Å². The van der Waals surface area contributed by atoms with Crippen LogP contribution < -0.4 is 5.32 Å². The smallest absolute Gasteiger partial charge is 0.356 e. The molecule has 0 aliphatic rings. The third kappa shape index (κ3) is 2.20. The minimum atomic E-state index is -1.01. The minimum absolute atomic E-state index is 0.140. The van der Waals surface area contributed by atoms with Gasteiger partial charge in [-0.1, -0.05) is 6.07 Å². The van der Waals surface area contributed by atoms with Gasteiger partial charge in [-0.25, -0.2) is 9.78 Å². The van der Waals surface area contributed by atoms with Gasteiger partial charge in [-0.05, 0) is 18.2 Å². The molecule has 0 aliphatic heterocycles. The Kier molecular flexibility index (Phi) is 3.08. The molecule has 0 spiro atoms. The van der Waals surface area contributed by atoms with Crippen molar-refractivity contribution in [3.63, 3.8) is 0 Å². The largest absolute Gasteiger partial charge is 0.476 e. The standard InChI is InChI=1S/C13H13N5O2/c19-13(20)11-12(14-6-9-17-7-3-5-15-17)16-10-4-1-2-8-18(10)11/h1-5,7-8,14H,6,9H2,(H,19,20). The number of pyridine rings is 1. The Morgan fingerprint density at radius 3 is 2.95 bits per heavy atom. The third-order valence-electron chi connectivity index (χ3n) is 2.93. The van der Waals surface area contributed by atoms with E-state index in [0.717, 1.165) is 0 Å². The molecule has 0 atom stereocenters. The lowest BCUT2D eigenvalue weighted by Crippen LogP contribution is -2.13. The number of fused-ring (bicyclic) bond motifs is 1. The van der Waals surface area contributed by atoms with Gasteiger partial charge in [-0.3, -0.25) is 9.08 Å². The summed E-state index contributed by atoms with van der Waals surface area (Å²) >= 11 is 0. The molecule has 0 bridgehead atoms. The molecular weight excluding hydrogens is 258 g/mol. The molecule has 7 heteroatoms. The summed E-state index contributed by atoms with van der Waals surface area (Å²) in [6.45, 7) is 1.19. The molecule has 20 heavy (non-hydrogen) atoms. The van der Waals surface area contributed by atoms with Crippen molar-refractivity contribution in [1.82, 2.24) is 19.2 Å². The Balaban J connectivity index is 1.83. The van der Waals surface area contributed by atoms with Crippen molar-refractivity contribution in [3.8, 4) is 0 Å². The molecule has 102 valence electrons. The number of aromatic nitrogens is 4. The van der Waals surface area contributed by atoms with Crippen LogP contribution in [0.2, 0.25) is 0 Å². The van der Waals surface area contributed by atoms with Gasteiger partial charge in [-0.15, -0.1) is 0 Å². The zero-order valence-electron chi connectivity index (χ0n) is 10.6. The molecule has 0 saturated carbocycles. The van der Waals surface area contributed by atoms with Crippen molar-refractivity contribution in [2.24, 2.45) is 0 Å². The van der Waals surface area contributed by atoms with E-state index in [1.165, 1.54) is 0 Å². The van der Waals surface area contributed by atoms with Gasteiger partial charge in [0.25, 0.3) is 0 Å². The number of imidazole rings is 1. The fourth-order valence-electron chi connectivity index (χ4n) is 2.05. The predicted molar refractivity (Wildman–Crippen MR) is 72.9 cm³/mol. The Labute approximate surface area is 114 Å². The number of rotatable bonds is 5. The summed E-state index contributed by atoms with van der Waals surface area (Å²) in [4.78, 5) is 15.7. The zero-order valence-corrected chi connectivity index (χ0v) is 10.6. The van der Waals surface area contributed by atoms with Gasteiger partial charge < -0.3 is 10.4 Å². The van der Waals surface area contributed by atoms with E-state index in [1.807, 2.05) is 18.3 Å². The maximum absolute atomic E-state index is 11.4. The lowest BCUT2D eigenvalue weighted by atomic mass is 10.4. The lowest BCUT2D eigenvalue weighted by molar-refractivity contribution is 0.0690. The number of carbonyl (C=O) groups is 1. The maximum Gasteiger partial charge on any atom is 0.356 e. The molecule has 0 aromatic carbocycles. The number of anilines is 1. The summed E-state index contributed by atoms with van der Waals surface area (Å²) in [5.74, 6) is -0.638. The van der Waals surface area contributed by atoms with E-state index >= 15 is 0 Å². The Hall–Kier alpha value is -2.83. The summed E-state index contributed by atoms with van der Waals surface area (Å²) in [5.41, 5.74) is 0.743. The molecule has 0 radical (unpaired) electrons. The van der Waals surface area contributed by atoms with E-state index in [-0.39, 0.29) is 5.69 Å². The van der Waals surface area contributed by atoms with Crippen molar-refractivity contribution in [2.75, 3.05) is 11.9 Å². The molecule has 0 saturated heterocycles. The summed E-state index contributed by atoms with van der Waals surface area (Å²) in [6.07, 6.45) is 5.24. The van der Waals surface area contributed by atoms with Crippen molar-refractivity contribution in [1.29, 1.82) is 0 Å². The molecule has 0 aliphatic carbocycles. The van der Waals surface area contributed by atoms with E-state index < -0.39 is 5.97 Å². The number of nitrogens with zero attached hydrogens (tertiary/aromatic N) is 4. The molecule has 0 unspecified atom stereocenters. The quantitative estimate of drug-likeness (QED) is 0.731. The second-order valence-corrected chi connectivity index (χ2v) is 4.24. The Morgan fingerprint density at radius 2 is 2.20 bits per heavy atom. The first-order chi connectivity index (χ1) is 9.75.